The zero-order valence-electron chi connectivity index (χ0n) is 83.8. The number of nitrogens with zero attached hydrogens (tertiary/aromatic N) is 1. The van der Waals surface area contributed by atoms with Crippen molar-refractivity contribution in [1.82, 2.24) is 52.8 Å². The maximum absolute atomic E-state index is 3.91. The topological polar surface area (TPSA) is 112 Å². The summed E-state index contributed by atoms with van der Waals surface area (Å²) in [4.78, 5) is 2.81. The van der Waals surface area contributed by atoms with E-state index in [1.165, 1.54) is 248 Å². The molecule has 0 spiro atoms. The molecule has 0 aromatic heterocycles. The molecule has 1 aliphatic heterocycles. The summed E-state index contributed by atoms with van der Waals surface area (Å²) >= 11 is 0. The van der Waals surface area contributed by atoms with Gasteiger partial charge in [0.1, 0.15) is 0 Å². The first-order valence-corrected chi connectivity index (χ1v) is 53.0. The molecule has 16 bridgehead atoms. The first kappa shape index (κ1) is 104. The van der Waals surface area contributed by atoms with Crippen molar-refractivity contribution in [3.8, 4) is 0 Å². The van der Waals surface area contributed by atoms with E-state index in [-0.39, 0.29) is 40.5 Å². The molecule has 0 radical (unpaired) electrons. The van der Waals surface area contributed by atoms with Gasteiger partial charge in [-0.3, -0.25) is 4.90 Å². The predicted octanol–water partition coefficient (Wildman–Crippen LogP) is 23.3. The Morgan fingerprint density at radius 2 is 0.840 bits per heavy atom. The quantitative estimate of drug-likeness (QED) is 0.0248. The van der Waals surface area contributed by atoms with Crippen LogP contribution in [-0.4, -0.2) is 140 Å². The number of allylic oxidation sites excluding steroid dienone is 3. The van der Waals surface area contributed by atoms with Crippen LogP contribution < -0.4 is 47.9 Å². The fraction of sp³-hybridized carbons (Fsp3) is 0.857. The van der Waals surface area contributed by atoms with Crippen LogP contribution in [0.15, 0.2) is 84.0 Å². The predicted molar refractivity (Wildman–Crippen MR) is 553 cm³/mol. The standard InChI is InChI=1S/C26H36N2.2C22H40N2.C22H38N2.C20H38N2.3H2S/c1-26(2)23-14-13-22(25(26)17-23)18-27-15-16-28-19-24(20-9-5-3-6-10-20)21-11-7-4-8-12-21;1-20(2)11-18-12-22(5,14-20)15-24(18)9-8-23-13-16-6-7-17-10-19(16)21(17,3)4;1-14-18-11-17(22(18,4)5)12-20(14)24-9-8-23-13-15-6-7-16-10-19(15)21(16,2)3;1-16(2)5-4-6-17(3)7-8-23-9-10-24-22-20-12-18-11-19(14-20)15-21(22)13-18;1-15-18-13-16(20(18,2)3)14-19(15)22-12-11-21-17-9-7-5-4-6-8-10-17;;;/h3-12,22-25,27-28H,13-19H2,1-2H3;16-19,23H,6-15H2,1-5H3;14-20,23-24H,6-13H2,1-5H3;5,7,18-24H,4,6,8-15H2,1-3H3;15-19,21-22H,4-14H2,1-3H3;3*1H2/b;;;17-7+;;;;/t22?,23?,25-;16?,17?,18?,19-,22?;14-,15?,16?,17+,18?,19+,20-;;15-,16+,18?,19-;;;/m001.1.../s1. The van der Waals surface area contributed by atoms with Gasteiger partial charge in [-0.2, -0.15) is 40.5 Å². The Balaban J connectivity index is 0.000000151. The van der Waals surface area contributed by atoms with Crippen molar-refractivity contribution in [1.29, 1.82) is 0 Å². The van der Waals surface area contributed by atoms with Gasteiger partial charge in [0.05, 0.1) is 0 Å². The third-order valence-electron chi connectivity index (χ3n) is 39.6. The van der Waals surface area contributed by atoms with Gasteiger partial charge in [-0.05, 0) is 362 Å². The molecule has 0 amide bonds. The lowest BCUT2D eigenvalue weighted by Gasteiger charge is -2.62. The summed E-state index contributed by atoms with van der Waals surface area (Å²) < 4.78 is 0. The maximum Gasteiger partial charge on any atom is 0.0214 e. The smallest absolute Gasteiger partial charge is 0.0214 e. The summed E-state index contributed by atoms with van der Waals surface area (Å²) in [7, 11) is 0. The van der Waals surface area contributed by atoms with Gasteiger partial charge in [0.15, 0.2) is 0 Å². The van der Waals surface area contributed by atoms with Crippen molar-refractivity contribution in [2.75, 3.05) is 105 Å². The van der Waals surface area contributed by atoms with E-state index in [1.807, 2.05) is 0 Å². The molecule has 2 aromatic rings. The van der Waals surface area contributed by atoms with Crippen LogP contribution in [0, 0.1) is 150 Å². The number of likely N-dealkylation sites (tertiary alicyclic amines) is 1. The second kappa shape index (κ2) is 46.4. The third-order valence-corrected chi connectivity index (χ3v) is 39.6. The van der Waals surface area contributed by atoms with Crippen LogP contribution >= 0.6 is 40.5 Å². The number of hydrogen-bond acceptors (Lipinski definition) is 10. The lowest BCUT2D eigenvalue weighted by molar-refractivity contribution is -0.115. The van der Waals surface area contributed by atoms with Crippen molar-refractivity contribution in [3.63, 3.8) is 0 Å². The molecule has 22 fully saturated rings. The third kappa shape index (κ3) is 25.8. The van der Waals surface area contributed by atoms with Crippen LogP contribution in [0.4, 0.5) is 0 Å². The van der Waals surface area contributed by atoms with E-state index in [1.54, 1.807) is 6.42 Å². The Morgan fingerprint density at radius 1 is 0.416 bits per heavy atom. The van der Waals surface area contributed by atoms with Gasteiger partial charge in [-0.15, -0.1) is 0 Å². The molecule has 2 aromatic carbocycles. The fourth-order valence-corrected chi connectivity index (χ4v) is 31.8. The number of fused-ring (bicyclic) bond motifs is 12. The Labute approximate surface area is 791 Å². The molecule has 19 atom stereocenters. The van der Waals surface area contributed by atoms with Crippen LogP contribution in [-0.2, 0) is 0 Å². The Bertz CT molecular complexity index is 3470. The van der Waals surface area contributed by atoms with Gasteiger partial charge in [-0.1, -0.05) is 220 Å². The molecular formula is C112H198N10S3. The molecule has 24 rings (SSSR count). The highest BCUT2D eigenvalue weighted by Gasteiger charge is 2.60. The second-order valence-electron chi connectivity index (χ2n) is 50.0. The minimum Gasteiger partial charge on any atom is -0.315 e. The van der Waals surface area contributed by atoms with E-state index in [2.05, 4.69) is 250 Å². The summed E-state index contributed by atoms with van der Waals surface area (Å²) in [5.74, 6) is 18.9. The summed E-state index contributed by atoms with van der Waals surface area (Å²) in [5, 5.41) is 34.1. The van der Waals surface area contributed by atoms with E-state index in [4.69, 9.17) is 0 Å². The molecule has 10 unspecified atom stereocenters. The summed E-state index contributed by atoms with van der Waals surface area (Å²) in [6.45, 7) is 62.6. The SMILES string of the molecule is CC(C)=CCC/C(C)=C/CNCCNC1C2CC3CC(C2)CC1C3.CC1(C)C2CCC(CNCCNCC(c3ccccc3)c3ccccc3)[C@@H]1C2.CC1(C)CC2CC(C)(CN2CCNCC2CCC3C[C@@H]2C3(C)C)C1.C[C@@H]1C2C[C@@H](C[C@H]1NCCNC1CCCCCCC1)C2(C)C.C[C@@H]1C2C[C@@H](C[C@H]1NCCNCC1CCC3C[C@@H]1C3(C)C)C2(C)C.S.S.S. The van der Waals surface area contributed by atoms with Crippen molar-refractivity contribution in [3.05, 3.63) is 95.1 Å². The van der Waals surface area contributed by atoms with Crippen molar-refractivity contribution in [2.24, 2.45) is 150 Å². The minimum atomic E-state index is 0. The normalized spacial score (nSPS) is 37.1. The molecule has 714 valence electrons. The van der Waals surface area contributed by atoms with Crippen molar-refractivity contribution >= 4 is 40.5 Å². The zero-order chi connectivity index (χ0) is 86.2. The van der Waals surface area contributed by atoms with Crippen LogP contribution in [0.3, 0.4) is 0 Å². The first-order chi connectivity index (χ1) is 58.4. The van der Waals surface area contributed by atoms with Gasteiger partial charge in [0.2, 0.25) is 0 Å². The fourth-order valence-electron chi connectivity index (χ4n) is 31.8. The maximum atomic E-state index is 3.91. The molecule has 1 saturated heterocycles. The van der Waals surface area contributed by atoms with Crippen molar-refractivity contribution < 1.29 is 0 Å². The average molecular weight is 1780 g/mol. The second-order valence-corrected chi connectivity index (χ2v) is 50.0. The lowest BCUT2D eigenvalue weighted by atomic mass is 9.45. The van der Waals surface area contributed by atoms with E-state index < -0.39 is 0 Å². The van der Waals surface area contributed by atoms with Crippen molar-refractivity contribution in [2.45, 2.75) is 353 Å². The van der Waals surface area contributed by atoms with Crippen LogP contribution in [0.2, 0.25) is 0 Å². The van der Waals surface area contributed by atoms with Gasteiger partial charge < -0.3 is 47.9 Å². The Morgan fingerprint density at radius 3 is 1.30 bits per heavy atom. The van der Waals surface area contributed by atoms with Gasteiger partial charge in [0, 0.05) is 121 Å². The highest BCUT2D eigenvalue weighted by Crippen LogP contribution is 2.66. The molecule has 13 heteroatoms. The summed E-state index contributed by atoms with van der Waals surface area (Å²) in [6, 6.07) is 25.8. The van der Waals surface area contributed by atoms with Crippen LogP contribution in [0.5, 0.6) is 0 Å². The highest BCUT2D eigenvalue weighted by atomic mass is 32.1. The summed E-state index contributed by atoms with van der Waals surface area (Å²) in [5.41, 5.74) is 9.95. The number of benzene rings is 2. The molecule has 21 aliphatic carbocycles. The largest absolute Gasteiger partial charge is 0.315 e. The molecular weight excluding hydrogens is 1580 g/mol. The van der Waals surface area contributed by atoms with E-state index in [9.17, 15) is 0 Å². The number of rotatable bonds is 34. The lowest BCUT2D eigenvalue weighted by Crippen LogP contribution is -2.60. The van der Waals surface area contributed by atoms with E-state index in [0.29, 0.717) is 43.8 Å². The Hall–Kier alpha value is -1.43. The summed E-state index contributed by atoms with van der Waals surface area (Å²) in [6.07, 6.45) is 48.1. The minimum absolute atomic E-state index is 0. The molecule has 9 N–H and O–H groups in total. The molecule has 125 heavy (non-hydrogen) atoms. The zero-order valence-corrected chi connectivity index (χ0v) is 86.8. The average Bonchev–Trinajstić information content (AvgIpc) is 1.10. The van der Waals surface area contributed by atoms with Crippen LogP contribution in [0.25, 0.3) is 0 Å². The van der Waals surface area contributed by atoms with Gasteiger partial charge in [0.25, 0.3) is 0 Å². The van der Waals surface area contributed by atoms with E-state index >= 15 is 0 Å². The first-order valence-electron chi connectivity index (χ1n) is 53.0. The molecule has 1 heterocycles. The molecule has 21 saturated carbocycles. The van der Waals surface area contributed by atoms with E-state index in [0.717, 1.165) is 208 Å². The van der Waals surface area contributed by atoms with Gasteiger partial charge >= 0.3 is 0 Å². The molecule has 22 aliphatic rings. The monoisotopic (exact) mass is 1780 g/mol. The van der Waals surface area contributed by atoms with Gasteiger partial charge in [-0.25, -0.2) is 0 Å². The Kier molecular flexibility index (Phi) is 38.6. The molecule has 10 nitrogen and oxygen atoms in total. The highest BCUT2D eigenvalue weighted by molar-refractivity contribution is 7.59. The van der Waals surface area contributed by atoms with Crippen LogP contribution in [0.1, 0.15) is 334 Å². The number of nitrogens with one attached hydrogen (secondary N) is 9. The number of hydrogen-bond donors (Lipinski definition) is 9.